The molecule has 1 atom stereocenters. The van der Waals surface area contributed by atoms with Gasteiger partial charge in [0.15, 0.2) is 0 Å². The summed E-state index contributed by atoms with van der Waals surface area (Å²) in [5.41, 5.74) is 0.653. The highest BCUT2D eigenvalue weighted by molar-refractivity contribution is 5.75. The summed E-state index contributed by atoms with van der Waals surface area (Å²) in [5.74, 6) is 0.771. The molecule has 2 rings (SSSR count). The van der Waals surface area contributed by atoms with Crippen LogP contribution in [-0.4, -0.2) is 50.1 Å². The van der Waals surface area contributed by atoms with E-state index in [0.717, 1.165) is 25.0 Å². The maximum Gasteiger partial charge on any atom is 0.150 e. The molecule has 1 heterocycles. The van der Waals surface area contributed by atoms with Gasteiger partial charge in [0.25, 0.3) is 0 Å². The largest absolute Gasteiger partial charge is 0.492 e. The zero-order chi connectivity index (χ0) is 13.5. The van der Waals surface area contributed by atoms with Crippen molar-refractivity contribution in [1.29, 1.82) is 0 Å². The first-order chi connectivity index (χ1) is 9.29. The molecule has 19 heavy (non-hydrogen) atoms. The first-order valence-electron chi connectivity index (χ1n) is 6.21. The number of ether oxygens (including phenoxy) is 1. The Morgan fingerprint density at radius 2 is 2.21 bits per heavy atom. The van der Waals surface area contributed by atoms with Gasteiger partial charge >= 0.3 is 0 Å². The summed E-state index contributed by atoms with van der Waals surface area (Å²) in [6, 6.07) is 7.09. The summed E-state index contributed by atoms with van der Waals surface area (Å²) in [4.78, 5) is 20.9. The molecule has 1 unspecified atom stereocenters. The average molecular weight is 259 g/mol. The van der Waals surface area contributed by atoms with E-state index in [-0.39, 0.29) is 6.17 Å². The predicted octanol–water partition coefficient (Wildman–Crippen LogP) is 1.64. The number of nitrogens with zero attached hydrogens (tertiary/aromatic N) is 3. The normalized spacial score (nSPS) is 17.7. The quantitative estimate of drug-likeness (QED) is 0.730. The molecule has 0 radical (unpaired) electrons. The van der Waals surface area contributed by atoms with Crippen LogP contribution in [0.1, 0.15) is 16.8 Å². The molecule has 0 fully saturated rings. The molecule has 1 aromatic carbocycles. The molecule has 5 nitrogen and oxygen atoms in total. The monoisotopic (exact) mass is 259 g/mol. The smallest absolute Gasteiger partial charge is 0.150 e. The lowest BCUT2D eigenvalue weighted by Gasteiger charge is -2.24. The van der Waals surface area contributed by atoms with Gasteiger partial charge in [-0.15, -0.1) is 0 Å². The minimum Gasteiger partial charge on any atom is -0.492 e. The fourth-order valence-corrected chi connectivity index (χ4v) is 1.77. The average Bonchev–Trinajstić information content (AvgIpc) is 2.49. The van der Waals surface area contributed by atoms with Crippen LogP contribution in [0.5, 0.6) is 5.75 Å². The van der Waals surface area contributed by atoms with Crippen molar-refractivity contribution in [3.05, 3.63) is 29.8 Å². The molecule has 0 bridgehead atoms. The molecule has 0 amide bonds. The molecule has 1 aromatic rings. The number of hydrogen-bond acceptors (Lipinski definition) is 5. The Bertz CT molecular complexity index is 468. The third-order valence-corrected chi connectivity index (χ3v) is 2.96. The van der Waals surface area contributed by atoms with Crippen LogP contribution in [0.3, 0.4) is 0 Å². The van der Waals surface area contributed by atoms with E-state index in [1.807, 2.05) is 13.3 Å². The van der Waals surface area contributed by atoms with E-state index in [1.165, 1.54) is 0 Å². The van der Waals surface area contributed by atoms with Crippen LogP contribution in [0, 0.1) is 0 Å². The summed E-state index contributed by atoms with van der Waals surface area (Å²) in [6.45, 7) is 1.37. The molecule has 1 aliphatic rings. The standard InChI is InChI=1S/C14H17N3O2/c1-17(14-6-7-15-11-16-14)8-9-19-13-4-2-12(10-18)3-5-13/h2-5,7,10-11,14H,6,8-9H2,1H3. The van der Waals surface area contributed by atoms with Gasteiger partial charge in [-0.2, -0.15) is 0 Å². The van der Waals surface area contributed by atoms with E-state index in [9.17, 15) is 4.79 Å². The zero-order valence-electron chi connectivity index (χ0n) is 10.9. The van der Waals surface area contributed by atoms with Gasteiger partial charge in [0.2, 0.25) is 0 Å². The van der Waals surface area contributed by atoms with Gasteiger partial charge in [-0.1, -0.05) is 0 Å². The molecular formula is C14H17N3O2. The van der Waals surface area contributed by atoms with Gasteiger partial charge in [0.05, 0.1) is 0 Å². The first-order valence-corrected chi connectivity index (χ1v) is 6.21. The van der Waals surface area contributed by atoms with Crippen molar-refractivity contribution in [3.8, 4) is 5.75 Å². The molecule has 0 spiro atoms. The molecule has 100 valence electrons. The van der Waals surface area contributed by atoms with Crippen LogP contribution >= 0.6 is 0 Å². The van der Waals surface area contributed by atoms with Gasteiger partial charge in [0, 0.05) is 24.7 Å². The number of hydrogen-bond donors (Lipinski definition) is 0. The second-order valence-corrected chi connectivity index (χ2v) is 4.33. The van der Waals surface area contributed by atoms with Crippen molar-refractivity contribution in [2.24, 2.45) is 9.98 Å². The maximum atomic E-state index is 10.5. The minimum absolute atomic E-state index is 0.151. The van der Waals surface area contributed by atoms with E-state index in [1.54, 1.807) is 30.6 Å². The van der Waals surface area contributed by atoms with Gasteiger partial charge in [0.1, 0.15) is 31.1 Å². The molecular weight excluding hydrogens is 242 g/mol. The minimum atomic E-state index is 0.151. The summed E-state index contributed by atoms with van der Waals surface area (Å²) in [5, 5.41) is 0. The second kappa shape index (κ2) is 6.80. The lowest BCUT2D eigenvalue weighted by atomic mass is 10.2. The van der Waals surface area contributed by atoms with Crippen LogP contribution in [0.4, 0.5) is 0 Å². The lowest BCUT2D eigenvalue weighted by Crippen LogP contribution is -2.34. The highest BCUT2D eigenvalue weighted by Gasteiger charge is 2.12. The fraction of sp³-hybridized carbons (Fsp3) is 0.357. The number of aliphatic imine (C=N–C) groups is 2. The Morgan fingerprint density at radius 3 is 2.84 bits per heavy atom. The van der Waals surface area contributed by atoms with Crippen LogP contribution in [0.2, 0.25) is 0 Å². The Labute approximate surface area is 112 Å². The Morgan fingerprint density at radius 1 is 1.42 bits per heavy atom. The zero-order valence-corrected chi connectivity index (χ0v) is 10.9. The second-order valence-electron chi connectivity index (χ2n) is 4.33. The SMILES string of the molecule is CN(CCOc1ccc(C=O)cc1)C1CC=NC=N1. The number of benzene rings is 1. The molecule has 1 aliphatic heterocycles. The molecule has 0 saturated heterocycles. The Hall–Kier alpha value is -2.01. The van der Waals surface area contributed by atoms with Crippen molar-refractivity contribution in [1.82, 2.24) is 4.90 Å². The fourth-order valence-electron chi connectivity index (χ4n) is 1.77. The van der Waals surface area contributed by atoms with Crippen LogP contribution in [-0.2, 0) is 0 Å². The molecule has 0 aliphatic carbocycles. The maximum absolute atomic E-state index is 10.5. The Kier molecular flexibility index (Phi) is 4.80. The molecule has 0 N–H and O–H groups in total. The van der Waals surface area contributed by atoms with E-state index >= 15 is 0 Å². The number of aldehydes is 1. The van der Waals surface area contributed by atoms with Crippen LogP contribution in [0.15, 0.2) is 34.3 Å². The molecule has 0 saturated carbocycles. The van der Waals surface area contributed by atoms with Gasteiger partial charge in [-0.05, 0) is 31.3 Å². The molecule has 0 aromatic heterocycles. The van der Waals surface area contributed by atoms with E-state index in [2.05, 4.69) is 14.9 Å². The highest BCUT2D eigenvalue weighted by Crippen LogP contribution is 2.11. The van der Waals surface area contributed by atoms with Gasteiger partial charge in [-0.25, -0.2) is 4.99 Å². The summed E-state index contributed by atoms with van der Waals surface area (Å²) < 4.78 is 5.62. The Balaban J connectivity index is 1.74. The van der Waals surface area contributed by atoms with Crippen LogP contribution < -0.4 is 4.74 Å². The summed E-state index contributed by atoms with van der Waals surface area (Å²) in [6.07, 6.45) is 5.26. The van der Waals surface area contributed by atoms with Gasteiger partial charge < -0.3 is 4.74 Å². The topological polar surface area (TPSA) is 54.3 Å². The lowest BCUT2D eigenvalue weighted by molar-refractivity contribution is 0.112. The number of carbonyl (C=O) groups excluding carboxylic acids is 1. The predicted molar refractivity (Wildman–Crippen MR) is 75.3 cm³/mol. The third-order valence-electron chi connectivity index (χ3n) is 2.96. The molecule has 5 heteroatoms. The van der Waals surface area contributed by atoms with E-state index in [0.29, 0.717) is 12.2 Å². The van der Waals surface area contributed by atoms with Crippen molar-refractivity contribution < 1.29 is 9.53 Å². The summed E-state index contributed by atoms with van der Waals surface area (Å²) >= 11 is 0. The van der Waals surface area contributed by atoms with Crippen molar-refractivity contribution in [2.75, 3.05) is 20.2 Å². The van der Waals surface area contributed by atoms with Crippen LogP contribution in [0.25, 0.3) is 0 Å². The van der Waals surface area contributed by atoms with Crippen molar-refractivity contribution >= 4 is 18.8 Å². The first kappa shape index (κ1) is 13.4. The highest BCUT2D eigenvalue weighted by atomic mass is 16.5. The van der Waals surface area contributed by atoms with Gasteiger partial charge in [-0.3, -0.25) is 14.7 Å². The van der Waals surface area contributed by atoms with E-state index < -0.39 is 0 Å². The number of likely N-dealkylation sites (N-methyl/N-ethyl adjacent to an activating group) is 1. The summed E-state index contributed by atoms with van der Waals surface area (Å²) in [7, 11) is 2.01. The van der Waals surface area contributed by atoms with Crippen molar-refractivity contribution in [2.45, 2.75) is 12.6 Å². The third kappa shape index (κ3) is 3.99. The van der Waals surface area contributed by atoms with Crippen molar-refractivity contribution in [3.63, 3.8) is 0 Å². The van der Waals surface area contributed by atoms with E-state index in [4.69, 9.17) is 4.74 Å². The number of rotatable bonds is 6. The number of carbonyl (C=O) groups is 1.